The highest BCUT2D eigenvalue weighted by Crippen LogP contribution is 2.19. The number of likely N-dealkylation sites (N-methyl/N-ethyl adjacent to an activating group) is 1. The number of nitrogens with one attached hydrogen (secondary N) is 1. The summed E-state index contributed by atoms with van der Waals surface area (Å²) in [6.07, 6.45) is 2.51. The molecule has 0 aliphatic rings. The maximum absolute atomic E-state index is 3.57. The third-order valence-corrected chi connectivity index (χ3v) is 3.43. The van der Waals surface area contributed by atoms with Gasteiger partial charge in [-0.05, 0) is 38.8 Å². The minimum absolute atomic E-state index is 0.627. The summed E-state index contributed by atoms with van der Waals surface area (Å²) in [5.74, 6) is 0. The van der Waals surface area contributed by atoms with Crippen molar-refractivity contribution >= 4 is 5.69 Å². The minimum Gasteiger partial charge on any atom is -0.373 e. The third-order valence-electron chi connectivity index (χ3n) is 3.43. The summed E-state index contributed by atoms with van der Waals surface area (Å²) < 4.78 is 0. The average molecular weight is 248 g/mol. The molecule has 2 nitrogen and oxygen atoms in total. The van der Waals surface area contributed by atoms with Gasteiger partial charge in [-0.25, -0.2) is 0 Å². The molecule has 0 fully saturated rings. The Hall–Kier alpha value is -1.02. The molecular weight excluding hydrogens is 220 g/mol. The van der Waals surface area contributed by atoms with Crippen LogP contribution in [0.1, 0.15) is 37.8 Å². The number of nitrogens with zero attached hydrogens (tertiary/aromatic N) is 1. The number of benzene rings is 1. The van der Waals surface area contributed by atoms with Crippen LogP contribution in [0.5, 0.6) is 0 Å². The summed E-state index contributed by atoms with van der Waals surface area (Å²) in [5.41, 5.74) is 4.03. The van der Waals surface area contributed by atoms with Crippen molar-refractivity contribution in [2.24, 2.45) is 0 Å². The normalized spacial score (nSPS) is 12.5. The van der Waals surface area contributed by atoms with Gasteiger partial charge in [-0.2, -0.15) is 0 Å². The van der Waals surface area contributed by atoms with Gasteiger partial charge in [0.2, 0.25) is 0 Å². The van der Waals surface area contributed by atoms with E-state index in [4.69, 9.17) is 0 Å². The second-order valence-corrected chi connectivity index (χ2v) is 5.36. The molecule has 1 atom stereocenters. The van der Waals surface area contributed by atoms with Crippen molar-refractivity contribution in [1.82, 2.24) is 5.32 Å². The lowest BCUT2D eigenvalue weighted by atomic mass is 10.1. The fraction of sp³-hybridized carbons (Fsp3) is 0.625. The molecule has 0 heterocycles. The summed E-state index contributed by atoms with van der Waals surface area (Å²) >= 11 is 0. The van der Waals surface area contributed by atoms with E-state index in [1.807, 2.05) is 0 Å². The fourth-order valence-electron chi connectivity index (χ4n) is 2.37. The van der Waals surface area contributed by atoms with Gasteiger partial charge in [-0.3, -0.25) is 0 Å². The Balaban J connectivity index is 2.43. The second kappa shape index (κ2) is 7.42. The molecule has 0 spiro atoms. The minimum atomic E-state index is 0.627. The maximum Gasteiger partial charge on any atom is 0.0393 e. The van der Waals surface area contributed by atoms with Crippen LogP contribution in [0.15, 0.2) is 18.2 Å². The average Bonchev–Trinajstić information content (AvgIpc) is 2.29. The quantitative estimate of drug-likeness (QED) is 0.794. The smallest absolute Gasteiger partial charge is 0.0393 e. The van der Waals surface area contributed by atoms with Crippen molar-refractivity contribution in [2.45, 2.75) is 46.6 Å². The fourth-order valence-corrected chi connectivity index (χ4v) is 2.37. The van der Waals surface area contributed by atoms with E-state index >= 15 is 0 Å². The van der Waals surface area contributed by atoms with Crippen LogP contribution in [0, 0.1) is 13.8 Å². The molecule has 1 rings (SSSR count). The zero-order valence-electron chi connectivity index (χ0n) is 12.6. The summed E-state index contributed by atoms with van der Waals surface area (Å²) in [5, 5.41) is 3.57. The lowest BCUT2D eigenvalue weighted by Crippen LogP contribution is -2.34. The molecule has 1 aromatic rings. The highest BCUT2D eigenvalue weighted by Gasteiger charge is 2.05. The van der Waals surface area contributed by atoms with E-state index in [0.29, 0.717) is 6.04 Å². The molecule has 0 saturated carbocycles. The first-order valence-corrected chi connectivity index (χ1v) is 7.06. The van der Waals surface area contributed by atoms with Crippen LogP contribution in [0.4, 0.5) is 5.69 Å². The molecule has 0 saturated heterocycles. The molecule has 18 heavy (non-hydrogen) atoms. The van der Waals surface area contributed by atoms with Crippen LogP contribution in [0.3, 0.4) is 0 Å². The van der Waals surface area contributed by atoms with Crippen molar-refractivity contribution < 1.29 is 0 Å². The molecular formula is C16H28N2. The standard InChI is InChI=1S/C16H28N2/c1-6-7-15(4)17-10-11-18(5)16-9-8-13(2)12-14(16)3/h8-9,12,15,17H,6-7,10-11H2,1-5H3. The van der Waals surface area contributed by atoms with Crippen LogP contribution < -0.4 is 10.2 Å². The van der Waals surface area contributed by atoms with Gasteiger partial charge < -0.3 is 10.2 Å². The Kier molecular flexibility index (Phi) is 6.20. The van der Waals surface area contributed by atoms with E-state index in [1.165, 1.54) is 29.7 Å². The second-order valence-electron chi connectivity index (χ2n) is 5.36. The molecule has 1 unspecified atom stereocenters. The largest absolute Gasteiger partial charge is 0.373 e. The zero-order valence-corrected chi connectivity index (χ0v) is 12.6. The van der Waals surface area contributed by atoms with Gasteiger partial charge in [-0.1, -0.05) is 31.0 Å². The van der Waals surface area contributed by atoms with E-state index < -0.39 is 0 Å². The monoisotopic (exact) mass is 248 g/mol. The number of hydrogen-bond acceptors (Lipinski definition) is 2. The van der Waals surface area contributed by atoms with Gasteiger partial charge in [0.05, 0.1) is 0 Å². The first kappa shape index (κ1) is 15.0. The number of aryl methyl sites for hydroxylation is 2. The SMILES string of the molecule is CCCC(C)NCCN(C)c1ccc(C)cc1C. The summed E-state index contributed by atoms with van der Waals surface area (Å²) in [7, 11) is 2.17. The van der Waals surface area contributed by atoms with Gasteiger partial charge >= 0.3 is 0 Å². The van der Waals surface area contributed by atoms with Crippen LogP contribution in [0.25, 0.3) is 0 Å². The Morgan fingerprint density at radius 3 is 2.61 bits per heavy atom. The Morgan fingerprint density at radius 1 is 1.28 bits per heavy atom. The van der Waals surface area contributed by atoms with Gasteiger partial charge in [0.25, 0.3) is 0 Å². The van der Waals surface area contributed by atoms with Gasteiger partial charge in [0.15, 0.2) is 0 Å². The van der Waals surface area contributed by atoms with E-state index in [1.54, 1.807) is 0 Å². The molecule has 0 bridgehead atoms. The molecule has 0 amide bonds. The van der Waals surface area contributed by atoms with Crippen LogP contribution in [-0.2, 0) is 0 Å². The van der Waals surface area contributed by atoms with E-state index in [9.17, 15) is 0 Å². The third kappa shape index (κ3) is 4.69. The lowest BCUT2D eigenvalue weighted by molar-refractivity contribution is 0.512. The van der Waals surface area contributed by atoms with Gasteiger partial charge in [0.1, 0.15) is 0 Å². The number of rotatable bonds is 7. The molecule has 102 valence electrons. The summed E-state index contributed by atoms with van der Waals surface area (Å²) in [6.45, 7) is 10.9. The zero-order chi connectivity index (χ0) is 13.5. The number of hydrogen-bond donors (Lipinski definition) is 1. The number of anilines is 1. The first-order chi connectivity index (χ1) is 8.54. The van der Waals surface area contributed by atoms with Crippen molar-refractivity contribution in [3.05, 3.63) is 29.3 Å². The van der Waals surface area contributed by atoms with Gasteiger partial charge in [0, 0.05) is 31.9 Å². The predicted molar refractivity (Wildman–Crippen MR) is 81.6 cm³/mol. The Labute approximate surface area is 112 Å². The predicted octanol–water partition coefficient (Wildman–Crippen LogP) is 3.52. The van der Waals surface area contributed by atoms with E-state index in [2.05, 4.69) is 63.2 Å². The summed E-state index contributed by atoms with van der Waals surface area (Å²) in [4.78, 5) is 2.33. The molecule has 1 N–H and O–H groups in total. The summed E-state index contributed by atoms with van der Waals surface area (Å²) in [6, 6.07) is 7.29. The first-order valence-electron chi connectivity index (χ1n) is 7.06. The van der Waals surface area contributed by atoms with Gasteiger partial charge in [-0.15, -0.1) is 0 Å². The molecule has 0 aromatic heterocycles. The van der Waals surface area contributed by atoms with Crippen LogP contribution >= 0.6 is 0 Å². The van der Waals surface area contributed by atoms with Crippen LogP contribution in [0.2, 0.25) is 0 Å². The van der Waals surface area contributed by atoms with Crippen molar-refractivity contribution in [3.8, 4) is 0 Å². The van der Waals surface area contributed by atoms with Crippen molar-refractivity contribution in [3.63, 3.8) is 0 Å². The Bertz CT molecular complexity index is 360. The van der Waals surface area contributed by atoms with E-state index in [-0.39, 0.29) is 0 Å². The maximum atomic E-state index is 3.57. The lowest BCUT2D eigenvalue weighted by Gasteiger charge is -2.23. The highest BCUT2D eigenvalue weighted by molar-refractivity contribution is 5.53. The molecule has 0 aliphatic heterocycles. The molecule has 2 heteroatoms. The molecule has 0 aliphatic carbocycles. The van der Waals surface area contributed by atoms with E-state index in [0.717, 1.165) is 13.1 Å². The van der Waals surface area contributed by atoms with Crippen molar-refractivity contribution in [1.29, 1.82) is 0 Å². The van der Waals surface area contributed by atoms with Crippen LogP contribution in [-0.4, -0.2) is 26.2 Å². The molecule has 1 aromatic carbocycles. The molecule has 0 radical (unpaired) electrons. The van der Waals surface area contributed by atoms with Crippen molar-refractivity contribution in [2.75, 3.05) is 25.0 Å². The highest BCUT2D eigenvalue weighted by atomic mass is 15.1. The Morgan fingerprint density at radius 2 is 2.00 bits per heavy atom. The topological polar surface area (TPSA) is 15.3 Å².